The van der Waals surface area contributed by atoms with E-state index in [1.54, 1.807) is 24.3 Å². The van der Waals surface area contributed by atoms with E-state index in [0.717, 1.165) is 0 Å². The number of hydrazine groups is 1. The summed E-state index contributed by atoms with van der Waals surface area (Å²) in [5.74, 6) is -1.25. The van der Waals surface area contributed by atoms with Crippen LogP contribution in [-0.4, -0.2) is 68.6 Å². The van der Waals surface area contributed by atoms with Gasteiger partial charge < -0.3 is 16.6 Å². The van der Waals surface area contributed by atoms with Crippen molar-refractivity contribution in [3.8, 4) is 0 Å². The smallest absolute Gasteiger partial charge is 0.352 e. The minimum absolute atomic E-state index is 0. The van der Waals surface area contributed by atoms with E-state index < -0.39 is 23.6 Å². The van der Waals surface area contributed by atoms with Gasteiger partial charge in [0.2, 0.25) is 5.91 Å². The topological polar surface area (TPSA) is 125 Å². The zero-order valence-corrected chi connectivity index (χ0v) is 14.8. The van der Waals surface area contributed by atoms with Gasteiger partial charge in [0.1, 0.15) is 17.1 Å². The summed E-state index contributed by atoms with van der Waals surface area (Å²) in [6.45, 7) is 2.17. The van der Waals surface area contributed by atoms with Gasteiger partial charge in [-0.3, -0.25) is 19.5 Å². The highest BCUT2D eigenvalue weighted by Crippen LogP contribution is 2.44. The quantitative estimate of drug-likeness (QED) is 0.543. The molecule has 2 unspecified atom stereocenters. The van der Waals surface area contributed by atoms with Gasteiger partial charge in [-0.1, -0.05) is 5.17 Å². The number of nitrogens with zero attached hydrogens (tertiary/aromatic N) is 3. The summed E-state index contributed by atoms with van der Waals surface area (Å²) in [5, 5.41) is 12.3. The number of carboxylic acids is 1. The third-order valence-electron chi connectivity index (χ3n) is 4.09. The second-order valence-corrected chi connectivity index (χ2v) is 6.58. The standard InChI is InChI=1S/C13H19N5O4S.ClH/c1-3-22-18-13(15,4-5-16(18)2)7-6-23-11-8(14)10(19)17(11)9(7)12(20)21;/h4-5,8,11H,3,6,14-15H2,1-2H3,(H,20,21);1H/t8-,11?,13?;/m1./s1. The van der Waals surface area contributed by atoms with Crippen molar-refractivity contribution < 1.29 is 19.5 Å². The van der Waals surface area contributed by atoms with Crippen molar-refractivity contribution in [3.05, 3.63) is 23.5 Å². The van der Waals surface area contributed by atoms with Crippen molar-refractivity contribution in [2.24, 2.45) is 11.5 Å². The lowest BCUT2D eigenvalue weighted by Gasteiger charge is -2.50. The van der Waals surface area contributed by atoms with Crippen LogP contribution >= 0.6 is 24.2 Å². The Morgan fingerprint density at radius 1 is 1.58 bits per heavy atom. The van der Waals surface area contributed by atoms with Crippen molar-refractivity contribution in [1.29, 1.82) is 0 Å². The van der Waals surface area contributed by atoms with E-state index in [-0.39, 0.29) is 23.5 Å². The molecule has 1 amide bonds. The molecule has 0 bridgehead atoms. The molecule has 0 aromatic heterocycles. The second kappa shape index (κ2) is 6.54. The van der Waals surface area contributed by atoms with E-state index in [4.69, 9.17) is 16.3 Å². The van der Waals surface area contributed by atoms with Gasteiger partial charge in [-0.15, -0.1) is 24.2 Å². The molecular formula is C13H20ClN5O4S. The molecule has 0 aromatic carbocycles. The molecule has 134 valence electrons. The number of halogens is 1. The normalized spacial score (nSPS) is 32.6. The Morgan fingerprint density at radius 2 is 2.25 bits per heavy atom. The lowest BCUT2D eigenvalue weighted by molar-refractivity contribution is -0.282. The number of hydrogen-bond acceptors (Lipinski definition) is 8. The van der Waals surface area contributed by atoms with Crippen LogP contribution in [0.1, 0.15) is 6.92 Å². The van der Waals surface area contributed by atoms with Gasteiger partial charge in [0.15, 0.2) is 5.66 Å². The zero-order valence-electron chi connectivity index (χ0n) is 13.2. The summed E-state index contributed by atoms with van der Waals surface area (Å²) in [4.78, 5) is 30.6. The third-order valence-corrected chi connectivity index (χ3v) is 5.40. The van der Waals surface area contributed by atoms with Crippen LogP contribution in [0.5, 0.6) is 0 Å². The Hall–Kier alpha value is -1.30. The number of carboxylic acid groups (broad SMARTS) is 1. The van der Waals surface area contributed by atoms with Crippen LogP contribution in [0.2, 0.25) is 0 Å². The molecule has 5 N–H and O–H groups in total. The molecular weight excluding hydrogens is 358 g/mol. The first-order valence-corrected chi connectivity index (χ1v) is 8.19. The number of carbonyl (C=O) groups is 2. The summed E-state index contributed by atoms with van der Waals surface area (Å²) >= 11 is 1.41. The molecule has 3 heterocycles. The van der Waals surface area contributed by atoms with E-state index in [0.29, 0.717) is 17.9 Å². The Kier molecular flexibility index (Phi) is 5.19. The lowest BCUT2D eigenvalue weighted by Crippen LogP contribution is -2.70. The van der Waals surface area contributed by atoms with E-state index >= 15 is 0 Å². The maximum Gasteiger partial charge on any atom is 0.352 e. The lowest BCUT2D eigenvalue weighted by atomic mass is 9.96. The average Bonchev–Trinajstić information content (AvgIpc) is 2.82. The van der Waals surface area contributed by atoms with Crippen LogP contribution < -0.4 is 11.5 Å². The molecule has 0 radical (unpaired) electrons. The van der Waals surface area contributed by atoms with Crippen LogP contribution in [0.25, 0.3) is 0 Å². The van der Waals surface area contributed by atoms with Gasteiger partial charge in [0.05, 0.1) is 6.61 Å². The van der Waals surface area contributed by atoms with E-state index in [2.05, 4.69) is 0 Å². The van der Waals surface area contributed by atoms with Gasteiger partial charge in [-0.2, -0.15) is 0 Å². The highest BCUT2D eigenvalue weighted by molar-refractivity contribution is 8.00. The van der Waals surface area contributed by atoms with Gasteiger partial charge in [-0.05, 0) is 13.0 Å². The number of β-lactam (4-membered cyclic amide) rings is 1. The van der Waals surface area contributed by atoms with Crippen LogP contribution in [-0.2, 0) is 14.4 Å². The Morgan fingerprint density at radius 3 is 2.83 bits per heavy atom. The minimum Gasteiger partial charge on any atom is -0.477 e. The molecule has 11 heteroatoms. The van der Waals surface area contributed by atoms with Crippen molar-refractivity contribution in [3.63, 3.8) is 0 Å². The van der Waals surface area contributed by atoms with Gasteiger partial charge in [0.25, 0.3) is 0 Å². The molecule has 1 fully saturated rings. The first kappa shape index (κ1) is 19.0. The number of nitrogens with two attached hydrogens (primary N) is 2. The Balaban J connectivity index is 0.00000208. The summed E-state index contributed by atoms with van der Waals surface area (Å²) in [7, 11) is 1.74. The highest BCUT2D eigenvalue weighted by Gasteiger charge is 2.55. The van der Waals surface area contributed by atoms with Crippen LogP contribution in [0.15, 0.2) is 23.5 Å². The van der Waals surface area contributed by atoms with E-state index in [1.807, 2.05) is 6.92 Å². The molecule has 3 aliphatic heterocycles. The zero-order chi connectivity index (χ0) is 16.9. The van der Waals surface area contributed by atoms with Crippen molar-refractivity contribution in [2.75, 3.05) is 19.4 Å². The average molecular weight is 378 g/mol. The monoisotopic (exact) mass is 377 g/mol. The minimum atomic E-state index is -1.27. The SMILES string of the molecule is CCON1N(C)C=CC1(N)C1=C(C(=O)O)N2C(=O)[C@@H](N)C2SC1.Cl. The third kappa shape index (κ3) is 2.50. The van der Waals surface area contributed by atoms with E-state index in [1.165, 1.54) is 21.8 Å². The molecule has 3 aliphatic rings. The largest absolute Gasteiger partial charge is 0.477 e. The first-order chi connectivity index (χ1) is 10.8. The van der Waals surface area contributed by atoms with Crippen LogP contribution in [0, 0.1) is 0 Å². The molecule has 0 aromatic rings. The predicted octanol–water partition coefficient (Wildman–Crippen LogP) is -0.728. The summed E-state index contributed by atoms with van der Waals surface area (Å²) < 4.78 is 0. The van der Waals surface area contributed by atoms with Crippen LogP contribution in [0.4, 0.5) is 0 Å². The number of aliphatic carboxylic acids is 1. The fourth-order valence-corrected chi connectivity index (χ4v) is 4.35. The maximum absolute atomic E-state index is 12.0. The maximum atomic E-state index is 12.0. The summed E-state index contributed by atoms with van der Waals surface area (Å²) in [6.07, 6.45) is 3.36. The number of carbonyl (C=O) groups excluding carboxylic acids is 1. The molecule has 3 rings (SSSR count). The molecule has 0 saturated carbocycles. The fraction of sp³-hybridized carbons (Fsp3) is 0.538. The van der Waals surface area contributed by atoms with E-state index in [9.17, 15) is 14.7 Å². The number of amides is 1. The number of rotatable bonds is 4. The summed E-state index contributed by atoms with van der Waals surface area (Å²) in [6, 6.07) is -0.672. The predicted molar refractivity (Wildman–Crippen MR) is 90.3 cm³/mol. The highest BCUT2D eigenvalue weighted by atomic mass is 35.5. The first-order valence-electron chi connectivity index (χ1n) is 7.14. The molecule has 9 nitrogen and oxygen atoms in total. The van der Waals surface area contributed by atoms with Crippen molar-refractivity contribution >= 4 is 36.0 Å². The number of hydrogen-bond donors (Lipinski definition) is 3. The second-order valence-electron chi connectivity index (χ2n) is 5.47. The number of fused-ring (bicyclic) bond motifs is 1. The molecule has 1 saturated heterocycles. The van der Waals surface area contributed by atoms with Gasteiger partial charge in [0, 0.05) is 24.6 Å². The Bertz CT molecular complexity index is 629. The molecule has 0 aliphatic carbocycles. The van der Waals surface area contributed by atoms with Crippen LogP contribution in [0.3, 0.4) is 0 Å². The number of thioether (sulfide) groups is 1. The fourth-order valence-electron chi connectivity index (χ4n) is 2.96. The molecule has 3 atom stereocenters. The van der Waals surface area contributed by atoms with Gasteiger partial charge >= 0.3 is 5.97 Å². The van der Waals surface area contributed by atoms with Gasteiger partial charge in [-0.25, -0.2) is 4.79 Å². The Labute approximate surface area is 149 Å². The van der Waals surface area contributed by atoms with Crippen molar-refractivity contribution in [1.82, 2.24) is 15.1 Å². The summed E-state index contributed by atoms with van der Waals surface area (Å²) in [5.41, 5.74) is 11.2. The van der Waals surface area contributed by atoms with Crippen molar-refractivity contribution in [2.45, 2.75) is 24.0 Å². The number of hydroxylamine groups is 1. The molecule has 24 heavy (non-hydrogen) atoms. The molecule has 0 spiro atoms.